The smallest absolute Gasteiger partial charge is 0.129 e. The lowest BCUT2D eigenvalue weighted by molar-refractivity contribution is 0.0945. The van der Waals surface area contributed by atoms with Crippen molar-refractivity contribution in [2.75, 3.05) is 0 Å². The molecule has 4 heteroatoms. The fraction of sp³-hybridized carbons (Fsp3) is 0.200. The lowest BCUT2D eigenvalue weighted by Crippen LogP contribution is -1.90. The number of furan rings is 1. The van der Waals surface area contributed by atoms with Gasteiger partial charge in [0.05, 0.1) is 12.9 Å². The van der Waals surface area contributed by atoms with Gasteiger partial charge in [-0.3, -0.25) is 0 Å². The molecular formula is C10H9BrO2S. The van der Waals surface area contributed by atoms with E-state index in [1.807, 2.05) is 23.6 Å². The van der Waals surface area contributed by atoms with Crippen molar-refractivity contribution in [3.63, 3.8) is 0 Å². The van der Waals surface area contributed by atoms with Gasteiger partial charge in [0.2, 0.25) is 0 Å². The quantitative estimate of drug-likeness (QED) is 0.844. The van der Waals surface area contributed by atoms with Crippen molar-refractivity contribution in [3.8, 4) is 0 Å². The molecule has 0 saturated carbocycles. The Balaban J connectivity index is 1.81. The van der Waals surface area contributed by atoms with Crippen molar-refractivity contribution < 1.29 is 9.15 Å². The average Bonchev–Trinajstić information content (AvgIpc) is 2.78. The van der Waals surface area contributed by atoms with Gasteiger partial charge in [0.25, 0.3) is 0 Å². The van der Waals surface area contributed by atoms with Crippen LogP contribution in [0, 0.1) is 0 Å². The molecule has 0 N–H and O–H groups in total. The molecule has 0 aromatic carbocycles. The summed E-state index contributed by atoms with van der Waals surface area (Å²) in [6, 6.07) is 5.79. The largest absolute Gasteiger partial charge is 0.467 e. The van der Waals surface area contributed by atoms with E-state index in [4.69, 9.17) is 9.15 Å². The molecule has 0 aliphatic carbocycles. The van der Waals surface area contributed by atoms with E-state index >= 15 is 0 Å². The SMILES string of the molecule is Brc1ccsc1COCc1ccco1. The Hall–Kier alpha value is -0.580. The van der Waals surface area contributed by atoms with E-state index in [1.165, 1.54) is 4.88 Å². The van der Waals surface area contributed by atoms with Crippen molar-refractivity contribution in [2.45, 2.75) is 13.2 Å². The van der Waals surface area contributed by atoms with Crippen LogP contribution in [0.2, 0.25) is 0 Å². The minimum Gasteiger partial charge on any atom is -0.467 e. The zero-order chi connectivity index (χ0) is 9.80. The maximum atomic E-state index is 5.49. The van der Waals surface area contributed by atoms with Gasteiger partial charge in [-0.15, -0.1) is 11.3 Å². The zero-order valence-corrected chi connectivity index (χ0v) is 9.81. The molecule has 0 aliphatic heterocycles. The molecule has 0 unspecified atom stereocenters. The molecule has 2 heterocycles. The summed E-state index contributed by atoms with van der Waals surface area (Å²) in [5.74, 6) is 0.859. The first-order chi connectivity index (χ1) is 6.86. The highest BCUT2D eigenvalue weighted by molar-refractivity contribution is 9.10. The molecule has 2 aromatic rings. The first-order valence-corrected chi connectivity index (χ1v) is 5.85. The van der Waals surface area contributed by atoms with E-state index in [0.29, 0.717) is 13.2 Å². The lowest BCUT2D eigenvalue weighted by atomic mass is 10.4. The van der Waals surface area contributed by atoms with Gasteiger partial charge in [0.15, 0.2) is 0 Å². The first kappa shape index (κ1) is 9.96. The van der Waals surface area contributed by atoms with Gasteiger partial charge in [-0.05, 0) is 39.5 Å². The molecule has 0 aliphatic rings. The summed E-state index contributed by atoms with van der Waals surface area (Å²) in [4.78, 5) is 1.21. The molecule has 0 radical (unpaired) electrons. The molecule has 0 bridgehead atoms. The summed E-state index contributed by atoms with van der Waals surface area (Å²) in [6.45, 7) is 1.15. The van der Waals surface area contributed by atoms with Crippen LogP contribution < -0.4 is 0 Å². The highest BCUT2D eigenvalue weighted by Gasteiger charge is 2.01. The molecule has 0 spiro atoms. The Bertz CT molecular complexity index is 380. The Morgan fingerprint density at radius 2 is 2.29 bits per heavy atom. The molecule has 0 atom stereocenters. The molecule has 2 rings (SSSR count). The Kier molecular flexibility index (Phi) is 3.39. The van der Waals surface area contributed by atoms with Gasteiger partial charge in [-0.25, -0.2) is 0 Å². The van der Waals surface area contributed by atoms with Crippen LogP contribution in [0.4, 0.5) is 0 Å². The number of rotatable bonds is 4. The topological polar surface area (TPSA) is 22.4 Å². The normalized spacial score (nSPS) is 10.6. The summed E-state index contributed by atoms with van der Waals surface area (Å²) < 4.78 is 11.8. The Morgan fingerprint density at radius 3 is 2.93 bits per heavy atom. The van der Waals surface area contributed by atoms with E-state index in [0.717, 1.165) is 10.2 Å². The van der Waals surface area contributed by atoms with Crippen molar-refractivity contribution in [3.05, 3.63) is 45.0 Å². The Morgan fingerprint density at radius 1 is 1.36 bits per heavy atom. The monoisotopic (exact) mass is 272 g/mol. The number of ether oxygens (including phenoxy) is 1. The van der Waals surface area contributed by atoms with Crippen molar-refractivity contribution in [1.82, 2.24) is 0 Å². The standard InChI is InChI=1S/C10H9BrO2S/c11-9-3-5-14-10(9)7-12-6-8-2-1-4-13-8/h1-5H,6-7H2. The third kappa shape index (κ3) is 2.47. The third-order valence-electron chi connectivity index (χ3n) is 1.75. The summed E-state index contributed by atoms with van der Waals surface area (Å²) in [7, 11) is 0. The summed E-state index contributed by atoms with van der Waals surface area (Å²) in [5.41, 5.74) is 0. The first-order valence-electron chi connectivity index (χ1n) is 4.18. The van der Waals surface area contributed by atoms with Crippen LogP contribution in [0.5, 0.6) is 0 Å². The molecular weight excluding hydrogens is 264 g/mol. The zero-order valence-electron chi connectivity index (χ0n) is 7.40. The molecule has 0 fully saturated rings. The van der Waals surface area contributed by atoms with E-state index in [-0.39, 0.29) is 0 Å². The fourth-order valence-corrected chi connectivity index (χ4v) is 2.47. The second-order valence-electron chi connectivity index (χ2n) is 2.76. The van der Waals surface area contributed by atoms with Gasteiger partial charge < -0.3 is 9.15 Å². The van der Waals surface area contributed by atoms with Crippen LogP contribution in [-0.2, 0) is 18.0 Å². The van der Waals surface area contributed by atoms with Crippen molar-refractivity contribution >= 4 is 27.3 Å². The highest BCUT2D eigenvalue weighted by atomic mass is 79.9. The lowest BCUT2D eigenvalue weighted by Gasteiger charge is -2.00. The van der Waals surface area contributed by atoms with Gasteiger partial charge >= 0.3 is 0 Å². The second-order valence-corrected chi connectivity index (χ2v) is 4.62. The van der Waals surface area contributed by atoms with E-state index in [2.05, 4.69) is 15.9 Å². The predicted octanol–water partition coefficient (Wildman–Crippen LogP) is 3.82. The molecule has 2 nitrogen and oxygen atoms in total. The maximum absolute atomic E-state index is 5.49. The Labute approximate surface area is 94.6 Å². The molecule has 2 aromatic heterocycles. The maximum Gasteiger partial charge on any atom is 0.129 e. The summed E-state index contributed by atoms with van der Waals surface area (Å²) in [6.07, 6.45) is 1.65. The predicted molar refractivity (Wildman–Crippen MR) is 59.2 cm³/mol. The number of halogens is 1. The summed E-state index contributed by atoms with van der Waals surface area (Å²) >= 11 is 5.14. The van der Waals surface area contributed by atoms with Crippen LogP contribution in [0.3, 0.4) is 0 Å². The van der Waals surface area contributed by atoms with Crippen molar-refractivity contribution in [1.29, 1.82) is 0 Å². The van der Waals surface area contributed by atoms with Crippen LogP contribution in [0.15, 0.2) is 38.7 Å². The number of thiophene rings is 1. The van der Waals surface area contributed by atoms with Crippen LogP contribution in [-0.4, -0.2) is 0 Å². The number of hydrogen-bond acceptors (Lipinski definition) is 3. The minimum absolute atomic E-state index is 0.525. The van der Waals surface area contributed by atoms with E-state index in [9.17, 15) is 0 Å². The molecule has 74 valence electrons. The average molecular weight is 273 g/mol. The van der Waals surface area contributed by atoms with Gasteiger partial charge in [0, 0.05) is 9.35 Å². The second kappa shape index (κ2) is 4.77. The van der Waals surface area contributed by atoms with Gasteiger partial charge in [-0.2, -0.15) is 0 Å². The highest BCUT2D eigenvalue weighted by Crippen LogP contribution is 2.23. The molecule has 0 amide bonds. The van der Waals surface area contributed by atoms with Crippen LogP contribution >= 0.6 is 27.3 Å². The molecule has 14 heavy (non-hydrogen) atoms. The van der Waals surface area contributed by atoms with Gasteiger partial charge in [0.1, 0.15) is 12.4 Å². The van der Waals surface area contributed by atoms with Gasteiger partial charge in [-0.1, -0.05) is 0 Å². The van der Waals surface area contributed by atoms with E-state index in [1.54, 1.807) is 17.6 Å². The third-order valence-corrected chi connectivity index (χ3v) is 3.65. The number of hydrogen-bond donors (Lipinski definition) is 0. The minimum atomic E-state index is 0.525. The fourth-order valence-electron chi connectivity index (χ4n) is 1.07. The van der Waals surface area contributed by atoms with Crippen LogP contribution in [0.1, 0.15) is 10.6 Å². The summed E-state index contributed by atoms with van der Waals surface area (Å²) in [5, 5.41) is 2.04. The van der Waals surface area contributed by atoms with Crippen molar-refractivity contribution in [2.24, 2.45) is 0 Å². The van der Waals surface area contributed by atoms with E-state index < -0.39 is 0 Å². The van der Waals surface area contributed by atoms with Crippen LogP contribution in [0.25, 0.3) is 0 Å². The molecule has 0 saturated heterocycles.